The van der Waals surface area contributed by atoms with Crippen LogP contribution in [0.25, 0.3) is 20.5 Å². The van der Waals surface area contributed by atoms with Crippen molar-refractivity contribution in [3.63, 3.8) is 0 Å². The smallest absolute Gasteiger partial charge is 0.255 e. The van der Waals surface area contributed by atoms with E-state index in [1.54, 1.807) is 11.0 Å². The Bertz CT molecular complexity index is 1270. The zero-order valence-electron chi connectivity index (χ0n) is 18.9. The number of nitrogens with one attached hydrogen (secondary N) is 1. The molecule has 0 radical (unpaired) electrons. The van der Waals surface area contributed by atoms with E-state index in [-0.39, 0.29) is 17.9 Å². The van der Waals surface area contributed by atoms with Gasteiger partial charge in [-0.1, -0.05) is 24.4 Å². The molecule has 1 aliphatic heterocycles. The number of hydrogen-bond donors (Lipinski definition) is 1. The van der Waals surface area contributed by atoms with Gasteiger partial charge in [-0.15, -0.1) is 11.3 Å². The van der Waals surface area contributed by atoms with Crippen LogP contribution in [0.15, 0.2) is 36.4 Å². The second-order valence-electron chi connectivity index (χ2n) is 9.97. The first-order valence-electron chi connectivity index (χ1n) is 11.3. The third-order valence-electron chi connectivity index (χ3n) is 6.40. The summed E-state index contributed by atoms with van der Waals surface area (Å²) in [4.78, 5) is 30.4. The van der Waals surface area contributed by atoms with Gasteiger partial charge in [0, 0.05) is 48.3 Å². The topological polar surface area (TPSA) is 49.4 Å². The summed E-state index contributed by atoms with van der Waals surface area (Å²) in [6, 6.07) is 9.02. The van der Waals surface area contributed by atoms with Gasteiger partial charge in [0.25, 0.3) is 5.91 Å². The second kappa shape index (κ2) is 8.10. The molecule has 172 valence electrons. The number of amides is 2. The van der Waals surface area contributed by atoms with Crippen molar-refractivity contribution in [1.82, 2.24) is 10.2 Å². The maximum absolute atomic E-state index is 14.4. The molecule has 1 fully saturated rings. The first kappa shape index (κ1) is 22.4. The van der Waals surface area contributed by atoms with Crippen LogP contribution in [0.4, 0.5) is 4.39 Å². The zero-order chi connectivity index (χ0) is 23.5. The minimum atomic E-state index is -0.822. The molecule has 0 spiro atoms. The van der Waals surface area contributed by atoms with Gasteiger partial charge in [0.05, 0.1) is 0 Å². The molecule has 2 heterocycles. The Balaban J connectivity index is 1.84. The highest BCUT2D eigenvalue weighted by Crippen LogP contribution is 2.49. The van der Waals surface area contributed by atoms with Crippen molar-refractivity contribution in [1.29, 1.82) is 0 Å². The van der Waals surface area contributed by atoms with E-state index in [0.29, 0.717) is 16.1 Å². The number of halogens is 2. The van der Waals surface area contributed by atoms with Gasteiger partial charge in [-0.3, -0.25) is 9.59 Å². The molecule has 1 aromatic heterocycles. The van der Waals surface area contributed by atoms with E-state index in [1.165, 1.54) is 23.5 Å². The van der Waals surface area contributed by atoms with Crippen molar-refractivity contribution in [2.45, 2.75) is 64.1 Å². The summed E-state index contributed by atoms with van der Waals surface area (Å²) in [7, 11) is 0. The molecule has 2 aliphatic rings. The highest BCUT2D eigenvalue weighted by molar-refractivity contribution is 7.22. The van der Waals surface area contributed by atoms with E-state index in [0.717, 1.165) is 46.2 Å². The van der Waals surface area contributed by atoms with E-state index >= 15 is 0 Å². The number of rotatable bonds is 2. The lowest BCUT2D eigenvalue weighted by molar-refractivity contribution is -0.128. The number of hydrogen-bond acceptors (Lipinski definition) is 3. The first-order chi connectivity index (χ1) is 15.6. The summed E-state index contributed by atoms with van der Waals surface area (Å²) >= 11 is 7.85. The maximum atomic E-state index is 14.4. The summed E-state index contributed by atoms with van der Waals surface area (Å²) in [5, 5.41) is 4.50. The molecule has 2 aromatic carbocycles. The average molecular weight is 485 g/mol. The van der Waals surface area contributed by atoms with E-state index in [2.05, 4.69) is 5.32 Å². The maximum Gasteiger partial charge on any atom is 0.255 e. The lowest BCUT2D eigenvalue weighted by atomic mass is 9.96. The fourth-order valence-corrected chi connectivity index (χ4v) is 6.52. The van der Waals surface area contributed by atoms with Gasteiger partial charge in [0.1, 0.15) is 11.9 Å². The molecular weight excluding hydrogens is 459 g/mol. The van der Waals surface area contributed by atoms with Crippen molar-refractivity contribution in [2.75, 3.05) is 0 Å². The molecule has 7 heteroatoms. The highest BCUT2D eigenvalue weighted by atomic mass is 35.5. The van der Waals surface area contributed by atoms with E-state index < -0.39 is 17.4 Å². The van der Waals surface area contributed by atoms with Crippen LogP contribution in [0.2, 0.25) is 5.02 Å². The molecule has 1 atom stereocenters. The van der Waals surface area contributed by atoms with Crippen LogP contribution in [0.1, 0.15) is 68.4 Å². The van der Waals surface area contributed by atoms with Crippen LogP contribution in [0, 0.1) is 5.82 Å². The summed E-state index contributed by atoms with van der Waals surface area (Å²) in [5.74, 6) is -0.852. The molecule has 4 nitrogen and oxygen atoms in total. The minimum absolute atomic E-state index is 0.0498. The number of thiophene rings is 1. The molecular formula is C26H26ClFN2O2S. The first-order valence-corrected chi connectivity index (χ1v) is 12.5. The van der Waals surface area contributed by atoms with Crippen LogP contribution in [0.5, 0.6) is 0 Å². The Hall–Kier alpha value is -2.44. The van der Waals surface area contributed by atoms with Crippen molar-refractivity contribution in [3.8, 4) is 10.4 Å². The second-order valence-corrected chi connectivity index (χ2v) is 11.5. The molecule has 0 bridgehead atoms. The molecule has 1 aliphatic carbocycles. The lowest BCUT2D eigenvalue weighted by Crippen LogP contribution is -2.51. The quantitative estimate of drug-likeness (QED) is 0.439. The highest BCUT2D eigenvalue weighted by Gasteiger charge is 2.44. The standard InChI is InChI=1S/C26H26ClFN2O2S/c1-26(2,3)29-24(31)22-21-19-12-14(27)8-11-20(19)33-23(21)18-13-15(28)9-10-17(18)25(32)30(22)16-6-4-5-7-16/h8-13,16,22H,4-7H2,1-3H3,(H,29,31). The predicted octanol–water partition coefficient (Wildman–Crippen LogP) is 6.72. The van der Waals surface area contributed by atoms with Crippen LogP contribution in [-0.4, -0.2) is 28.3 Å². The Morgan fingerprint density at radius 3 is 2.55 bits per heavy atom. The summed E-state index contributed by atoms with van der Waals surface area (Å²) in [5.41, 5.74) is 1.25. The number of fused-ring (bicyclic) bond motifs is 5. The summed E-state index contributed by atoms with van der Waals surface area (Å²) in [6.07, 6.45) is 3.72. The molecule has 1 unspecified atom stereocenters. The fourth-order valence-electron chi connectivity index (χ4n) is 5.10. The van der Waals surface area contributed by atoms with Gasteiger partial charge in [0.15, 0.2) is 0 Å². The fraction of sp³-hybridized carbons (Fsp3) is 0.385. The number of carbonyl (C=O) groups excluding carboxylic acids is 2. The Morgan fingerprint density at radius 1 is 1.12 bits per heavy atom. The van der Waals surface area contributed by atoms with Gasteiger partial charge < -0.3 is 10.2 Å². The van der Waals surface area contributed by atoms with E-state index in [4.69, 9.17) is 11.6 Å². The largest absolute Gasteiger partial charge is 0.349 e. The van der Waals surface area contributed by atoms with Gasteiger partial charge >= 0.3 is 0 Å². The number of nitrogens with zero attached hydrogens (tertiary/aromatic N) is 1. The van der Waals surface area contributed by atoms with Gasteiger partial charge in [-0.25, -0.2) is 4.39 Å². The van der Waals surface area contributed by atoms with Crippen LogP contribution in [-0.2, 0) is 4.79 Å². The average Bonchev–Trinajstić information content (AvgIpc) is 3.36. The van der Waals surface area contributed by atoms with Crippen molar-refractivity contribution in [3.05, 3.63) is 58.4 Å². The third-order valence-corrected chi connectivity index (χ3v) is 7.85. The van der Waals surface area contributed by atoms with Crippen LogP contribution >= 0.6 is 22.9 Å². The molecule has 5 rings (SSSR count). The van der Waals surface area contributed by atoms with Gasteiger partial charge in [-0.2, -0.15) is 0 Å². The van der Waals surface area contributed by atoms with Crippen molar-refractivity contribution >= 4 is 44.8 Å². The van der Waals surface area contributed by atoms with Crippen molar-refractivity contribution < 1.29 is 14.0 Å². The molecule has 33 heavy (non-hydrogen) atoms. The van der Waals surface area contributed by atoms with Crippen LogP contribution in [0.3, 0.4) is 0 Å². The normalized spacial score (nSPS) is 18.9. The predicted molar refractivity (Wildman–Crippen MR) is 131 cm³/mol. The van der Waals surface area contributed by atoms with Crippen molar-refractivity contribution in [2.24, 2.45) is 0 Å². The van der Waals surface area contributed by atoms with Gasteiger partial charge in [0.2, 0.25) is 5.91 Å². The zero-order valence-corrected chi connectivity index (χ0v) is 20.4. The molecule has 0 saturated heterocycles. The van der Waals surface area contributed by atoms with Gasteiger partial charge in [-0.05, 0) is 70.0 Å². The Kier molecular flexibility index (Phi) is 5.49. The number of benzene rings is 2. The monoisotopic (exact) mass is 484 g/mol. The molecule has 1 N–H and O–H groups in total. The minimum Gasteiger partial charge on any atom is -0.349 e. The number of carbonyl (C=O) groups is 2. The van der Waals surface area contributed by atoms with Crippen LogP contribution < -0.4 is 5.32 Å². The summed E-state index contributed by atoms with van der Waals surface area (Å²) in [6.45, 7) is 5.78. The third kappa shape index (κ3) is 3.93. The lowest BCUT2D eigenvalue weighted by Gasteiger charge is -2.36. The summed E-state index contributed by atoms with van der Waals surface area (Å²) < 4.78 is 15.4. The molecule has 3 aromatic rings. The SMILES string of the molecule is CC(C)(C)NC(=O)C1c2c(sc3ccc(Cl)cc23)-c2cc(F)ccc2C(=O)N1C1CCCC1. The molecule has 1 saturated carbocycles. The Labute approximate surface area is 201 Å². The molecule has 2 amide bonds. The van der Waals surface area contributed by atoms with E-state index in [1.807, 2.05) is 39.0 Å². The van der Waals surface area contributed by atoms with E-state index in [9.17, 15) is 14.0 Å². The Morgan fingerprint density at radius 2 is 1.85 bits per heavy atom.